The summed E-state index contributed by atoms with van der Waals surface area (Å²) in [5, 5.41) is 22.2. The van der Waals surface area contributed by atoms with E-state index >= 15 is 0 Å². The van der Waals surface area contributed by atoms with Crippen LogP contribution in [0, 0.1) is 6.92 Å². The highest BCUT2D eigenvalue weighted by atomic mass is 16.3. The summed E-state index contributed by atoms with van der Waals surface area (Å²) < 4.78 is 0. The van der Waals surface area contributed by atoms with Gasteiger partial charge < -0.3 is 20.5 Å². The molecule has 0 unspecified atom stereocenters. The molecule has 5 heteroatoms. The number of aromatic hydroxyl groups is 2. The fourth-order valence-corrected chi connectivity index (χ4v) is 2.15. The number of benzene rings is 2. The number of aromatic amines is 1. The molecule has 102 valence electrons. The Morgan fingerprint density at radius 3 is 2.80 bits per heavy atom. The number of imidazole rings is 1. The molecular weight excluding hydrogens is 254 g/mol. The fraction of sp³-hybridized carbons (Fsp3) is 0.133. The monoisotopic (exact) mass is 269 g/mol. The van der Waals surface area contributed by atoms with Gasteiger partial charge in [0.25, 0.3) is 0 Å². The smallest absolute Gasteiger partial charge is 0.124 e. The van der Waals surface area contributed by atoms with Gasteiger partial charge in [-0.1, -0.05) is 0 Å². The number of rotatable bonds is 3. The van der Waals surface area contributed by atoms with Gasteiger partial charge in [-0.15, -0.1) is 0 Å². The number of hydrogen-bond acceptors (Lipinski definition) is 4. The molecule has 0 atom stereocenters. The fourth-order valence-electron chi connectivity index (χ4n) is 2.15. The van der Waals surface area contributed by atoms with Crippen LogP contribution in [0.25, 0.3) is 11.0 Å². The minimum Gasteiger partial charge on any atom is -0.508 e. The summed E-state index contributed by atoms with van der Waals surface area (Å²) in [4.78, 5) is 7.53. The summed E-state index contributed by atoms with van der Waals surface area (Å²) in [6, 6.07) is 10.4. The first kappa shape index (κ1) is 12.3. The maximum Gasteiger partial charge on any atom is 0.124 e. The van der Waals surface area contributed by atoms with E-state index in [2.05, 4.69) is 15.3 Å². The lowest BCUT2D eigenvalue weighted by atomic mass is 10.2. The lowest BCUT2D eigenvalue weighted by Crippen LogP contribution is -1.99. The van der Waals surface area contributed by atoms with Crippen LogP contribution in [0.15, 0.2) is 36.4 Å². The Labute approximate surface area is 115 Å². The Bertz CT molecular complexity index is 765. The molecule has 0 radical (unpaired) electrons. The largest absolute Gasteiger partial charge is 0.508 e. The van der Waals surface area contributed by atoms with Crippen molar-refractivity contribution in [2.75, 3.05) is 5.32 Å². The summed E-state index contributed by atoms with van der Waals surface area (Å²) in [5.74, 6) is 1.02. The Balaban J connectivity index is 1.79. The Morgan fingerprint density at radius 2 is 2.00 bits per heavy atom. The van der Waals surface area contributed by atoms with Gasteiger partial charge in [0.15, 0.2) is 0 Å². The van der Waals surface area contributed by atoms with Crippen LogP contribution in [-0.4, -0.2) is 20.2 Å². The molecule has 2 aromatic carbocycles. The first-order valence-corrected chi connectivity index (χ1v) is 6.33. The maximum absolute atomic E-state index is 9.73. The second-order valence-electron chi connectivity index (χ2n) is 4.72. The Kier molecular flexibility index (Phi) is 2.95. The van der Waals surface area contributed by atoms with Gasteiger partial charge in [0.05, 0.1) is 11.0 Å². The molecule has 0 aliphatic heterocycles. The number of phenolic OH excluding ortho intramolecular Hbond substituents is 2. The zero-order valence-corrected chi connectivity index (χ0v) is 11.0. The quantitative estimate of drug-likeness (QED) is 0.589. The first-order chi connectivity index (χ1) is 9.61. The van der Waals surface area contributed by atoms with Crippen molar-refractivity contribution >= 4 is 16.7 Å². The van der Waals surface area contributed by atoms with Crippen molar-refractivity contribution in [2.24, 2.45) is 0 Å². The van der Waals surface area contributed by atoms with Crippen LogP contribution in [0.5, 0.6) is 11.5 Å². The third-order valence-corrected chi connectivity index (χ3v) is 3.15. The highest BCUT2D eigenvalue weighted by molar-refractivity contribution is 5.79. The van der Waals surface area contributed by atoms with E-state index in [4.69, 9.17) is 0 Å². The van der Waals surface area contributed by atoms with E-state index in [9.17, 15) is 10.2 Å². The highest BCUT2D eigenvalue weighted by Gasteiger charge is 2.04. The standard InChI is InChI=1S/C15H15N3O2/c1-9-17-13-5-3-11(6-14(13)18-9)16-8-10-2-4-12(19)7-15(10)20/h2-7,16,19-20H,8H2,1H3,(H,17,18). The molecule has 0 amide bonds. The molecule has 3 rings (SSSR count). The van der Waals surface area contributed by atoms with Gasteiger partial charge in [-0.3, -0.25) is 0 Å². The number of aryl methyl sites for hydroxylation is 1. The van der Waals surface area contributed by atoms with E-state index in [1.165, 1.54) is 6.07 Å². The minimum atomic E-state index is 0.0561. The number of aromatic nitrogens is 2. The van der Waals surface area contributed by atoms with Crippen molar-refractivity contribution in [3.63, 3.8) is 0 Å². The van der Waals surface area contributed by atoms with Crippen LogP contribution in [-0.2, 0) is 6.54 Å². The SMILES string of the molecule is Cc1nc2ccc(NCc3ccc(O)cc3O)cc2[nH]1. The minimum absolute atomic E-state index is 0.0561. The van der Waals surface area contributed by atoms with Crippen molar-refractivity contribution in [1.82, 2.24) is 9.97 Å². The third kappa shape index (κ3) is 2.38. The molecule has 0 aliphatic carbocycles. The topological polar surface area (TPSA) is 81.2 Å². The van der Waals surface area contributed by atoms with Crippen molar-refractivity contribution in [3.05, 3.63) is 47.8 Å². The van der Waals surface area contributed by atoms with Crippen LogP contribution in [0.3, 0.4) is 0 Å². The lowest BCUT2D eigenvalue weighted by molar-refractivity contribution is 0.446. The summed E-state index contributed by atoms with van der Waals surface area (Å²) >= 11 is 0. The molecule has 4 N–H and O–H groups in total. The molecule has 0 aliphatic rings. The predicted molar refractivity (Wildman–Crippen MR) is 77.9 cm³/mol. The first-order valence-electron chi connectivity index (χ1n) is 6.33. The Hall–Kier alpha value is -2.69. The van der Waals surface area contributed by atoms with E-state index < -0.39 is 0 Å². The van der Waals surface area contributed by atoms with Crippen molar-refractivity contribution in [2.45, 2.75) is 13.5 Å². The molecule has 20 heavy (non-hydrogen) atoms. The van der Waals surface area contributed by atoms with Crippen LogP contribution in [0.1, 0.15) is 11.4 Å². The Morgan fingerprint density at radius 1 is 1.15 bits per heavy atom. The molecule has 5 nitrogen and oxygen atoms in total. The average molecular weight is 269 g/mol. The van der Waals surface area contributed by atoms with E-state index in [1.54, 1.807) is 12.1 Å². The summed E-state index contributed by atoms with van der Waals surface area (Å²) in [6.07, 6.45) is 0. The zero-order chi connectivity index (χ0) is 14.1. The molecule has 0 bridgehead atoms. The van der Waals surface area contributed by atoms with E-state index in [0.29, 0.717) is 6.54 Å². The molecule has 1 aromatic heterocycles. The number of anilines is 1. The molecule has 0 saturated carbocycles. The van der Waals surface area contributed by atoms with Gasteiger partial charge in [0.2, 0.25) is 0 Å². The molecule has 1 heterocycles. The number of H-pyrrole nitrogens is 1. The van der Waals surface area contributed by atoms with Crippen LogP contribution >= 0.6 is 0 Å². The van der Waals surface area contributed by atoms with Crippen LogP contribution in [0.4, 0.5) is 5.69 Å². The summed E-state index contributed by atoms with van der Waals surface area (Å²) in [7, 11) is 0. The summed E-state index contributed by atoms with van der Waals surface area (Å²) in [6.45, 7) is 2.40. The third-order valence-electron chi connectivity index (χ3n) is 3.15. The van der Waals surface area contributed by atoms with Crippen LogP contribution in [0.2, 0.25) is 0 Å². The molecule has 0 saturated heterocycles. The molecule has 0 fully saturated rings. The zero-order valence-electron chi connectivity index (χ0n) is 11.0. The number of nitrogens with one attached hydrogen (secondary N) is 2. The number of fused-ring (bicyclic) bond motifs is 1. The van der Waals surface area contributed by atoms with Crippen molar-refractivity contribution in [1.29, 1.82) is 0 Å². The van der Waals surface area contributed by atoms with Crippen LogP contribution < -0.4 is 5.32 Å². The maximum atomic E-state index is 9.73. The van der Waals surface area contributed by atoms with Gasteiger partial charge in [0, 0.05) is 23.9 Å². The normalized spacial score (nSPS) is 10.8. The number of phenols is 2. The summed E-state index contributed by atoms with van der Waals surface area (Å²) in [5.41, 5.74) is 3.57. The second-order valence-corrected chi connectivity index (χ2v) is 4.72. The average Bonchev–Trinajstić information content (AvgIpc) is 2.77. The molecule has 3 aromatic rings. The predicted octanol–water partition coefficient (Wildman–Crippen LogP) is 2.89. The highest BCUT2D eigenvalue weighted by Crippen LogP contribution is 2.24. The van der Waals surface area contributed by atoms with E-state index in [0.717, 1.165) is 28.1 Å². The number of nitrogens with zero attached hydrogens (tertiary/aromatic N) is 1. The van der Waals surface area contributed by atoms with E-state index in [-0.39, 0.29) is 11.5 Å². The molecular formula is C15H15N3O2. The van der Waals surface area contributed by atoms with Gasteiger partial charge in [-0.2, -0.15) is 0 Å². The van der Waals surface area contributed by atoms with Gasteiger partial charge >= 0.3 is 0 Å². The number of hydrogen-bond donors (Lipinski definition) is 4. The molecule has 0 spiro atoms. The lowest BCUT2D eigenvalue weighted by Gasteiger charge is -2.08. The van der Waals surface area contributed by atoms with Crippen molar-refractivity contribution < 1.29 is 10.2 Å². The van der Waals surface area contributed by atoms with Gasteiger partial charge in [-0.25, -0.2) is 4.98 Å². The second kappa shape index (κ2) is 4.77. The van der Waals surface area contributed by atoms with E-state index in [1.807, 2.05) is 25.1 Å². The van der Waals surface area contributed by atoms with Gasteiger partial charge in [-0.05, 0) is 37.3 Å². The van der Waals surface area contributed by atoms with Gasteiger partial charge in [0.1, 0.15) is 17.3 Å². The van der Waals surface area contributed by atoms with Crippen molar-refractivity contribution in [3.8, 4) is 11.5 Å².